The predicted molar refractivity (Wildman–Crippen MR) is 57.0 cm³/mol. The zero-order chi connectivity index (χ0) is 10.2. The van der Waals surface area contributed by atoms with E-state index in [0.717, 1.165) is 9.26 Å². The van der Waals surface area contributed by atoms with E-state index in [4.69, 9.17) is 5.11 Å². The summed E-state index contributed by atoms with van der Waals surface area (Å²) in [5.74, 6) is -0.669. The van der Waals surface area contributed by atoms with Gasteiger partial charge in [0.25, 0.3) is 0 Å². The maximum absolute atomic E-state index is 10.8. The van der Waals surface area contributed by atoms with Crippen molar-refractivity contribution in [3.8, 4) is 0 Å². The van der Waals surface area contributed by atoms with Gasteiger partial charge in [0.05, 0.1) is 9.26 Å². The summed E-state index contributed by atoms with van der Waals surface area (Å²) in [5, 5.41) is 13.0. The van der Waals surface area contributed by atoms with Crippen LogP contribution >= 0.6 is 22.6 Å². The summed E-state index contributed by atoms with van der Waals surface area (Å²) in [6, 6.07) is 0. The number of hydrogen-bond acceptors (Lipinski definition) is 2. The maximum atomic E-state index is 10.8. The molecule has 13 heavy (non-hydrogen) atoms. The number of aromatic nitrogens is 2. The van der Waals surface area contributed by atoms with Gasteiger partial charge in [-0.15, -0.1) is 0 Å². The molecule has 0 bridgehead atoms. The molecule has 0 aliphatic heterocycles. The number of carboxylic acids is 1. The zero-order valence-electron chi connectivity index (χ0n) is 7.71. The van der Waals surface area contributed by atoms with Crippen molar-refractivity contribution in [2.45, 2.75) is 19.8 Å². The van der Waals surface area contributed by atoms with Gasteiger partial charge in [0.2, 0.25) is 0 Å². The van der Waals surface area contributed by atoms with Crippen LogP contribution in [0.1, 0.15) is 35.9 Å². The largest absolute Gasteiger partial charge is 0.476 e. The number of aromatic carboxylic acids is 1. The van der Waals surface area contributed by atoms with Crippen molar-refractivity contribution >= 4 is 28.6 Å². The molecule has 0 saturated carbocycles. The lowest BCUT2D eigenvalue weighted by atomic mass is 10.1. The molecule has 0 radical (unpaired) electrons. The van der Waals surface area contributed by atoms with E-state index in [0.29, 0.717) is 0 Å². The highest BCUT2D eigenvalue weighted by molar-refractivity contribution is 14.1. The van der Waals surface area contributed by atoms with Crippen LogP contribution in [0.2, 0.25) is 0 Å². The van der Waals surface area contributed by atoms with E-state index in [2.05, 4.69) is 5.10 Å². The van der Waals surface area contributed by atoms with Gasteiger partial charge in [0.1, 0.15) is 0 Å². The highest BCUT2D eigenvalue weighted by atomic mass is 127. The van der Waals surface area contributed by atoms with Crippen molar-refractivity contribution in [3.63, 3.8) is 0 Å². The van der Waals surface area contributed by atoms with E-state index in [9.17, 15) is 4.79 Å². The Bertz CT molecular complexity index is 344. The van der Waals surface area contributed by atoms with Crippen LogP contribution in [0.5, 0.6) is 0 Å². The lowest BCUT2D eigenvalue weighted by Gasteiger charge is -1.98. The van der Waals surface area contributed by atoms with Gasteiger partial charge in [-0.25, -0.2) is 4.79 Å². The number of rotatable bonds is 2. The number of hydrogen-bond donors (Lipinski definition) is 1. The second-order valence-corrected chi connectivity index (χ2v) is 4.21. The van der Waals surface area contributed by atoms with E-state index >= 15 is 0 Å². The summed E-state index contributed by atoms with van der Waals surface area (Å²) in [6.45, 7) is 3.99. The molecular weight excluding hydrogens is 283 g/mol. The van der Waals surface area contributed by atoms with Crippen LogP contribution in [0, 0.1) is 3.57 Å². The normalized spacial score (nSPS) is 10.8. The first-order valence-corrected chi connectivity index (χ1v) is 4.98. The molecule has 0 saturated heterocycles. The lowest BCUT2D eigenvalue weighted by molar-refractivity contribution is 0.0684. The molecule has 1 heterocycles. The van der Waals surface area contributed by atoms with Gasteiger partial charge in [-0.05, 0) is 28.5 Å². The highest BCUT2D eigenvalue weighted by Gasteiger charge is 2.20. The molecule has 1 aromatic heterocycles. The molecule has 0 unspecified atom stereocenters. The average molecular weight is 294 g/mol. The van der Waals surface area contributed by atoms with Crippen molar-refractivity contribution in [2.24, 2.45) is 7.05 Å². The Morgan fingerprint density at radius 2 is 2.15 bits per heavy atom. The lowest BCUT2D eigenvalue weighted by Crippen LogP contribution is -2.06. The standard InChI is InChI=1S/C8H11IN2O2/c1-4(2)6-5(9)7(8(12)13)11(3)10-6/h4H,1-3H3,(H,12,13). The van der Waals surface area contributed by atoms with Gasteiger partial charge in [-0.2, -0.15) is 5.10 Å². The third-order valence-corrected chi connectivity index (χ3v) is 2.83. The molecule has 0 aromatic carbocycles. The Morgan fingerprint density at radius 3 is 2.38 bits per heavy atom. The Hall–Kier alpha value is -0.590. The summed E-state index contributed by atoms with van der Waals surface area (Å²) in [6.07, 6.45) is 0. The van der Waals surface area contributed by atoms with Crippen LogP contribution in [0.4, 0.5) is 0 Å². The average Bonchev–Trinajstić information content (AvgIpc) is 2.26. The fourth-order valence-electron chi connectivity index (χ4n) is 1.12. The maximum Gasteiger partial charge on any atom is 0.355 e. The molecule has 0 fully saturated rings. The highest BCUT2D eigenvalue weighted by Crippen LogP contribution is 2.22. The first-order valence-electron chi connectivity index (χ1n) is 3.90. The summed E-state index contributed by atoms with van der Waals surface area (Å²) in [4.78, 5) is 10.8. The van der Waals surface area contributed by atoms with Gasteiger partial charge in [0.15, 0.2) is 5.69 Å². The van der Waals surface area contributed by atoms with Crippen molar-refractivity contribution < 1.29 is 9.90 Å². The fourth-order valence-corrected chi connectivity index (χ4v) is 2.43. The van der Waals surface area contributed by atoms with E-state index in [-0.39, 0.29) is 11.6 Å². The second kappa shape index (κ2) is 3.65. The van der Waals surface area contributed by atoms with Gasteiger partial charge in [-0.3, -0.25) is 4.68 Å². The molecule has 72 valence electrons. The summed E-state index contributed by atoms with van der Waals surface area (Å²) >= 11 is 2.03. The fraction of sp³-hybridized carbons (Fsp3) is 0.500. The Kier molecular flexibility index (Phi) is 2.94. The van der Waals surface area contributed by atoms with Crippen LogP contribution < -0.4 is 0 Å². The van der Waals surface area contributed by atoms with Crippen molar-refractivity contribution in [1.29, 1.82) is 0 Å². The van der Waals surface area contributed by atoms with Crippen LogP contribution in [0.3, 0.4) is 0 Å². The van der Waals surface area contributed by atoms with Crippen molar-refractivity contribution in [2.75, 3.05) is 0 Å². The number of nitrogens with zero attached hydrogens (tertiary/aromatic N) is 2. The van der Waals surface area contributed by atoms with Crippen LogP contribution in [-0.4, -0.2) is 20.9 Å². The number of aryl methyl sites for hydroxylation is 1. The monoisotopic (exact) mass is 294 g/mol. The minimum Gasteiger partial charge on any atom is -0.476 e. The summed E-state index contributed by atoms with van der Waals surface area (Å²) in [5.41, 5.74) is 1.12. The SMILES string of the molecule is CC(C)c1nn(C)c(C(=O)O)c1I. The Labute approximate surface area is 90.1 Å². The smallest absolute Gasteiger partial charge is 0.355 e. The molecule has 5 heteroatoms. The molecule has 0 aliphatic rings. The second-order valence-electron chi connectivity index (χ2n) is 3.13. The van der Waals surface area contributed by atoms with Gasteiger partial charge in [0, 0.05) is 7.05 Å². The third kappa shape index (κ3) is 1.84. The van der Waals surface area contributed by atoms with E-state index in [1.807, 2.05) is 36.4 Å². The first kappa shape index (κ1) is 10.5. The molecule has 0 aliphatic carbocycles. The molecule has 1 rings (SSSR count). The molecule has 0 spiro atoms. The van der Waals surface area contributed by atoms with Gasteiger partial charge < -0.3 is 5.11 Å². The van der Waals surface area contributed by atoms with Gasteiger partial charge >= 0.3 is 5.97 Å². The number of carbonyl (C=O) groups is 1. The predicted octanol–water partition coefficient (Wildman–Crippen LogP) is 1.85. The summed E-state index contributed by atoms with van der Waals surface area (Å²) in [7, 11) is 1.65. The minimum absolute atomic E-state index is 0.256. The number of carboxylic acid groups (broad SMARTS) is 1. The van der Waals surface area contributed by atoms with Crippen LogP contribution in [-0.2, 0) is 7.05 Å². The van der Waals surface area contributed by atoms with Crippen LogP contribution in [0.25, 0.3) is 0 Å². The molecule has 0 amide bonds. The number of halogens is 1. The minimum atomic E-state index is -0.925. The quantitative estimate of drug-likeness (QED) is 0.847. The van der Waals surface area contributed by atoms with Crippen LogP contribution in [0.15, 0.2) is 0 Å². The van der Waals surface area contributed by atoms with E-state index < -0.39 is 5.97 Å². The molecular formula is C8H11IN2O2. The van der Waals surface area contributed by atoms with Crippen molar-refractivity contribution in [3.05, 3.63) is 15.0 Å². The van der Waals surface area contributed by atoms with Gasteiger partial charge in [-0.1, -0.05) is 13.8 Å². The molecule has 0 atom stereocenters. The first-order chi connectivity index (χ1) is 5.95. The Morgan fingerprint density at radius 1 is 1.62 bits per heavy atom. The zero-order valence-corrected chi connectivity index (χ0v) is 9.86. The Balaban J connectivity index is 3.30. The molecule has 4 nitrogen and oxygen atoms in total. The topological polar surface area (TPSA) is 55.1 Å². The van der Waals surface area contributed by atoms with E-state index in [1.54, 1.807) is 7.05 Å². The third-order valence-electron chi connectivity index (χ3n) is 1.76. The molecule has 1 N–H and O–H groups in total. The summed E-state index contributed by atoms with van der Waals surface area (Å²) < 4.78 is 2.15. The molecule has 1 aromatic rings. The van der Waals surface area contributed by atoms with Crippen molar-refractivity contribution in [1.82, 2.24) is 9.78 Å². The van der Waals surface area contributed by atoms with E-state index in [1.165, 1.54) is 4.68 Å².